The maximum atomic E-state index is 12.1. The number of unbranched alkanes of at least 4 members (excludes halogenated alkanes) is 2. The number of benzene rings is 1. The van der Waals surface area contributed by atoms with Gasteiger partial charge in [-0.3, -0.25) is 19.9 Å². The number of aliphatic imine (C=N–C) groups is 1. The second-order valence-corrected chi connectivity index (χ2v) is 9.46. The summed E-state index contributed by atoms with van der Waals surface area (Å²) in [7, 11) is 0. The molecule has 0 fully saturated rings. The van der Waals surface area contributed by atoms with Crippen molar-refractivity contribution in [1.82, 2.24) is 10.6 Å². The third kappa shape index (κ3) is 16.3. The molecule has 214 valence electrons. The predicted molar refractivity (Wildman–Crippen MR) is 165 cm³/mol. The van der Waals surface area contributed by atoms with Crippen LogP contribution in [0.3, 0.4) is 0 Å². The number of rotatable bonds is 16. The molecule has 0 aliphatic heterocycles. The average molecular weight is 536 g/mol. The molecule has 0 radical (unpaired) electrons. The van der Waals surface area contributed by atoms with Crippen LogP contribution in [0.25, 0.3) is 0 Å². The smallest absolute Gasteiger partial charge is 0.225 e. The van der Waals surface area contributed by atoms with Gasteiger partial charge in [-0.1, -0.05) is 93.3 Å². The van der Waals surface area contributed by atoms with Crippen LogP contribution in [0.5, 0.6) is 0 Å². The third-order valence-corrected chi connectivity index (χ3v) is 5.98. The van der Waals surface area contributed by atoms with E-state index in [1.165, 1.54) is 0 Å². The summed E-state index contributed by atoms with van der Waals surface area (Å²) in [5, 5.41) is 17.0. The molecule has 1 amide bonds. The molecule has 3 N–H and O–H groups in total. The summed E-state index contributed by atoms with van der Waals surface area (Å²) in [6.45, 7) is 12.4. The molecular weight excluding hydrogens is 486 g/mol. The van der Waals surface area contributed by atoms with Crippen LogP contribution >= 0.6 is 0 Å². The van der Waals surface area contributed by atoms with E-state index in [0.29, 0.717) is 31.6 Å². The topological polar surface area (TPSA) is 90.8 Å². The van der Waals surface area contributed by atoms with Crippen LogP contribution < -0.4 is 10.6 Å². The molecule has 0 aliphatic rings. The lowest BCUT2D eigenvalue weighted by Gasteiger charge is -2.27. The molecule has 0 saturated carbocycles. The van der Waals surface area contributed by atoms with Crippen molar-refractivity contribution < 1.29 is 14.7 Å². The van der Waals surface area contributed by atoms with Crippen LogP contribution in [0.2, 0.25) is 0 Å². The van der Waals surface area contributed by atoms with Crippen molar-refractivity contribution in [3.63, 3.8) is 0 Å². The van der Waals surface area contributed by atoms with Gasteiger partial charge >= 0.3 is 0 Å². The lowest BCUT2D eigenvalue weighted by atomic mass is 9.98. The fourth-order valence-corrected chi connectivity index (χ4v) is 3.62. The molecular formula is C33H49N3O3. The number of carbonyl (C=O) groups excluding carboxylic acids is 2. The predicted octanol–water partition coefficient (Wildman–Crippen LogP) is 6.05. The summed E-state index contributed by atoms with van der Waals surface area (Å²) in [6, 6.07) is 7.91. The molecule has 2 atom stereocenters. The molecule has 2 unspecified atom stereocenters. The van der Waals surface area contributed by atoms with Gasteiger partial charge in [0.25, 0.3) is 0 Å². The largest absolute Gasteiger partial charge is 0.369 e. The molecule has 6 nitrogen and oxygen atoms in total. The van der Waals surface area contributed by atoms with Gasteiger partial charge < -0.3 is 10.4 Å². The first-order valence-electron chi connectivity index (χ1n) is 13.9. The molecule has 0 saturated heterocycles. The van der Waals surface area contributed by atoms with Gasteiger partial charge in [-0.15, -0.1) is 12.3 Å². The van der Waals surface area contributed by atoms with Crippen molar-refractivity contribution in [1.29, 1.82) is 0 Å². The van der Waals surface area contributed by atoms with Gasteiger partial charge in [0, 0.05) is 31.5 Å². The minimum atomic E-state index is -1.66. The minimum absolute atomic E-state index is 0.0878. The Hall–Kier alpha value is -3.27. The Morgan fingerprint density at radius 3 is 2.38 bits per heavy atom. The van der Waals surface area contributed by atoms with E-state index in [4.69, 9.17) is 4.99 Å². The zero-order valence-corrected chi connectivity index (χ0v) is 24.8. The second kappa shape index (κ2) is 21.6. The first-order valence-corrected chi connectivity index (χ1v) is 13.9. The Balaban J connectivity index is 0.00000458. The molecule has 0 aromatic heterocycles. The standard InChI is InChI=1S/C30H45N3O3.C3H4/c1-6-10-12-14-25(8-3)20-30(36,23-34)32-22-26(15-13-11-7-2)21-31-29(33-28(35)9-4)27-18-16-24(5)17-19-27;1-3-2/h6,8,10,12,14,16-19,23,26,32,36H,7,9,11,13,15,20-22H2,1-5H3,(H,31,33,35);1H,2H3/b10-6-,14-12-,25-8+;. The maximum Gasteiger partial charge on any atom is 0.225 e. The molecule has 0 aliphatic carbocycles. The third-order valence-electron chi connectivity index (χ3n) is 5.98. The summed E-state index contributed by atoms with van der Waals surface area (Å²) in [5.74, 6) is 2.81. The lowest BCUT2D eigenvalue weighted by molar-refractivity contribution is -0.127. The number of hydrogen-bond acceptors (Lipinski definition) is 5. The number of nitrogens with one attached hydrogen (secondary N) is 2. The number of terminal acetylenes is 1. The highest BCUT2D eigenvalue weighted by Gasteiger charge is 2.27. The van der Waals surface area contributed by atoms with E-state index in [-0.39, 0.29) is 18.2 Å². The van der Waals surface area contributed by atoms with Gasteiger partial charge in [0.15, 0.2) is 12.0 Å². The normalized spacial score (nSPS) is 14.3. The summed E-state index contributed by atoms with van der Waals surface area (Å²) in [6.07, 6.45) is 19.4. The summed E-state index contributed by atoms with van der Waals surface area (Å²) in [5.41, 5.74) is 1.19. The molecule has 39 heavy (non-hydrogen) atoms. The molecule has 1 rings (SSSR count). The number of hydrogen-bond donors (Lipinski definition) is 3. The van der Waals surface area contributed by atoms with Crippen LogP contribution in [-0.2, 0) is 9.59 Å². The number of allylic oxidation sites excluding steroid dienone is 5. The van der Waals surface area contributed by atoms with E-state index in [0.717, 1.165) is 42.4 Å². The zero-order valence-electron chi connectivity index (χ0n) is 24.8. The summed E-state index contributed by atoms with van der Waals surface area (Å²) in [4.78, 5) is 28.8. The van der Waals surface area contributed by atoms with Crippen molar-refractivity contribution in [2.24, 2.45) is 10.9 Å². The van der Waals surface area contributed by atoms with Gasteiger partial charge in [-0.2, -0.15) is 0 Å². The number of aliphatic hydroxyl groups is 1. The van der Waals surface area contributed by atoms with E-state index in [1.807, 2.05) is 82.3 Å². The first-order chi connectivity index (χ1) is 18.7. The Kier molecular flexibility index (Phi) is 19.8. The lowest BCUT2D eigenvalue weighted by Crippen LogP contribution is -2.49. The van der Waals surface area contributed by atoms with E-state index in [1.54, 1.807) is 6.92 Å². The van der Waals surface area contributed by atoms with E-state index < -0.39 is 5.72 Å². The highest BCUT2D eigenvalue weighted by molar-refractivity contribution is 6.07. The van der Waals surface area contributed by atoms with Gasteiger partial charge in [-0.05, 0) is 45.6 Å². The SMILES string of the molecule is C#CC.C\C=C/C=C\C(=C/C)CC(O)(C=O)NCC(CCCCC)CN=C(NC(=O)CC)c1ccc(C)cc1. The van der Waals surface area contributed by atoms with Crippen molar-refractivity contribution in [3.8, 4) is 12.3 Å². The van der Waals surface area contributed by atoms with Gasteiger partial charge in [0.05, 0.1) is 0 Å². The Labute approximate surface area is 236 Å². The molecule has 1 aromatic carbocycles. The minimum Gasteiger partial charge on any atom is -0.369 e. The molecule has 0 heterocycles. The number of carbonyl (C=O) groups is 2. The average Bonchev–Trinajstić information content (AvgIpc) is 2.93. The van der Waals surface area contributed by atoms with E-state index in [9.17, 15) is 14.7 Å². The van der Waals surface area contributed by atoms with Crippen molar-refractivity contribution in [2.45, 2.75) is 85.8 Å². The maximum absolute atomic E-state index is 12.1. The van der Waals surface area contributed by atoms with Crippen LogP contribution in [0, 0.1) is 25.2 Å². The Bertz CT molecular complexity index is 1000. The Morgan fingerprint density at radius 1 is 1.18 bits per heavy atom. The van der Waals surface area contributed by atoms with Crippen LogP contribution in [0.1, 0.15) is 84.3 Å². The van der Waals surface area contributed by atoms with Crippen molar-refractivity contribution in [3.05, 3.63) is 71.3 Å². The molecule has 1 aromatic rings. The fraction of sp³-hybridized carbons (Fsp3) is 0.485. The number of aryl methyl sites for hydroxylation is 1. The van der Waals surface area contributed by atoms with E-state index >= 15 is 0 Å². The van der Waals surface area contributed by atoms with Crippen molar-refractivity contribution in [2.75, 3.05) is 13.1 Å². The highest BCUT2D eigenvalue weighted by Crippen LogP contribution is 2.17. The van der Waals surface area contributed by atoms with E-state index in [2.05, 4.69) is 29.9 Å². The van der Waals surface area contributed by atoms with Crippen LogP contribution in [0.15, 0.2) is 65.2 Å². The van der Waals surface area contributed by atoms with Gasteiger partial charge in [0.2, 0.25) is 5.91 Å². The molecule has 6 heteroatoms. The fourth-order valence-electron chi connectivity index (χ4n) is 3.62. The summed E-state index contributed by atoms with van der Waals surface area (Å²) < 4.78 is 0. The number of aldehydes is 1. The number of nitrogens with zero attached hydrogens (tertiary/aromatic N) is 1. The van der Waals surface area contributed by atoms with Crippen LogP contribution in [0.4, 0.5) is 0 Å². The van der Waals surface area contributed by atoms with Gasteiger partial charge in [-0.25, -0.2) is 0 Å². The van der Waals surface area contributed by atoms with Crippen molar-refractivity contribution >= 4 is 18.0 Å². The Morgan fingerprint density at radius 2 is 1.85 bits per heavy atom. The van der Waals surface area contributed by atoms with Crippen LogP contribution in [-0.4, -0.2) is 41.9 Å². The summed E-state index contributed by atoms with van der Waals surface area (Å²) >= 11 is 0. The molecule has 0 bridgehead atoms. The monoisotopic (exact) mass is 535 g/mol. The highest BCUT2D eigenvalue weighted by atomic mass is 16.3. The number of amidine groups is 1. The second-order valence-electron chi connectivity index (χ2n) is 9.46. The van der Waals surface area contributed by atoms with Gasteiger partial charge in [0.1, 0.15) is 5.84 Å². The molecule has 0 spiro atoms. The first kappa shape index (κ1) is 35.7. The number of amides is 1. The zero-order chi connectivity index (χ0) is 29.5. The quantitative estimate of drug-likeness (QED) is 0.0457.